The van der Waals surface area contributed by atoms with E-state index in [-0.39, 0.29) is 36.1 Å². The number of nitrogens with zero attached hydrogens (tertiary/aromatic N) is 3. The van der Waals surface area contributed by atoms with Crippen molar-refractivity contribution in [2.24, 2.45) is 11.8 Å². The number of thioether (sulfide) groups is 1. The van der Waals surface area contributed by atoms with Crippen molar-refractivity contribution in [1.29, 1.82) is 0 Å². The summed E-state index contributed by atoms with van der Waals surface area (Å²) in [6, 6.07) is 13.7. The number of benzene rings is 2. The number of aliphatic hydroxyl groups excluding tert-OH is 1. The highest BCUT2D eigenvalue weighted by molar-refractivity contribution is 8.02. The molecular formula is C31H32ClN3O5S. The van der Waals surface area contributed by atoms with E-state index in [2.05, 4.69) is 0 Å². The molecule has 0 aliphatic carbocycles. The van der Waals surface area contributed by atoms with Gasteiger partial charge in [-0.3, -0.25) is 14.4 Å². The zero-order valence-electron chi connectivity index (χ0n) is 22.7. The summed E-state index contributed by atoms with van der Waals surface area (Å²) in [7, 11) is 0. The van der Waals surface area contributed by atoms with Crippen LogP contribution in [0.3, 0.4) is 0 Å². The van der Waals surface area contributed by atoms with E-state index in [0.29, 0.717) is 36.8 Å². The Morgan fingerprint density at radius 2 is 1.61 bits per heavy atom. The molecule has 2 aromatic carbocycles. The van der Waals surface area contributed by atoms with Gasteiger partial charge in [-0.15, -0.1) is 11.8 Å². The molecule has 1 unspecified atom stereocenters. The summed E-state index contributed by atoms with van der Waals surface area (Å²) >= 11 is 7.65. The van der Waals surface area contributed by atoms with Crippen LogP contribution in [0.5, 0.6) is 5.75 Å². The molecule has 3 amide bonds. The highest BCUT2D eigenvalue weighted by Crippen LogP contribution is 2.61. The van der Waals surface area contributed by atoms with E-state index in [1.165, 1.54) is 0 Å². The third-order valence-electron chi connectivity index (χ3n) is 8.31. The second kappa shape index (κ2) is 11.2. The Balaban J connectivity index is 1.39. The molecule has 10 heteroatoms. The molecule has 6 rings (SSSR count). The first-order valence-electron chi connectivity index (χ1n) is 13.9. The molecule has 4 heterocycles. The smallest absolute Gasteiger partial charge is 0.251 e. The van der Waals surface area contributed by atoms with Crippen LogP contribution < -0.4 is 14.5 Å². The number of anilines is 2. The number of fused-ring (bicyclic) bond motifs is 2. The van der Waals surface area contributed by atoms with Crippen LogP contribution in [0.15, 0.2) is 72.8 Å². The molecule has 0 radical (unpaired) electrons. The normalized spacial score (nSPS) is 28.9. The van der Waals surface area contributed by atoms with Gasteiger partial charge in [0.2, 0.25) is 11.8 Å². The van der Waals surface area contributed by atoms with Gasteiger partial charge in [-0.05, 0) is 61.9 Å². The number of likely N-dealkylation sites (tertiary alicyclic amines) is 1. The third kappa shape index (κ3) is 4.64. The maximum atomic E-state index is 14.4. The minimum atomic E-state index is -0.915. The van der Waals surface area contributed by atoms with E-state index in [9.17, 15) is 19.5 Å². The van der Waals surface area contributed by atoms with Gasteiger partial charge in [-0.2, -0.15) is 0 Å². The number of hydrogen-bond acceptors (Lipinski definition) is 6. The SMILES string of the molecule is CCOc1ccc(N2CC=C[C@H]3S[C@]45C=CCN(c6ccc(Cl)cc6)C(=O)C4N(CCCO)C(=O)[C@@H]5[C@H]3C2=O)cc1. The molecule has 4 aliphatic heterocycles. The van der Waals surface area contributed by atoms with E-state index >= 15 is 0 Å². The van der Waals surface area contributed by atoms with Gasteiger partial charge in [0.05, 0.1) is 23.2 Å². The Labute approximate surface area is 248 Å². The first-order valence-corrected chi connectivity index (χ1v) is 15.2. The van der Waals surface area contributed by atoms with Crippen molar-refractivity contribution in [3.8, 4) is 5.75 Å². The lowest BCUT2D eigenvalue weighted by atomic mass is 9.78. The second-order valence-corrected chi connectivity index (χ2v) is 12.5. The Morgan fingerprint density at radius 3 is 2.29 bits per heavy atom. The van der Waals surface area contributed by atoms with E-state index < -0.39 is 22.6 Å². The monoisotopic (exact) mass is 593 g/mol. The molecule has 1 spiro atoms. The summed E-state index contributed by atoms with van der Waals surface area (Å²) in [5.41, 5.74) is 1.42. The summed E-state index contributed by atoms with van der Waals surface area (Å²) in [5.74, 6) is -1.17. The van der Waals surface area contributed by atoms with Gasteiger partial charge in [0.1, 0.15) is 11.8 Å². The van der Waals surface area contributed by atoms with Crippen molar-refractivity contribution in [2.75, 3.05) is 42.6 Å². The fourth-order valence-corrected chi connectivity index (χ4v) is 8.72. The summed E-state index contributed by atoms with van der Waals surface area (Å²) in [5, 5.41) is 9.93. The minimum absolute atomic E-state index is 0.106. The van der Waals surface area contributed by atoms with Crippen LogP contribution in [-0.4, -0.2) is 76.6 Å². The molecule has 2 saturated heterocycles. The van der Waals surface area contributed by atoms with Crippen LogP contribution in [0, 0.1) is 11.8 Å². The molecule has 4 aliphatic rings. The predicted octanol–water partition coefficient (Wildman–Crippen LogP) is 3.92. The minimum Gasteiger partial charge on any atom is -0.494 e. The largest absolute Gasteiger partial charge is 0.494 e. The quantitative estimate of drug-likeness (QED) is 0.490. The van der Waals surface area contributed by atoms with Gasteiger partial charge < -0.3 is 24.5 Å². The van der Waals surface area contributed by atoms with E-state index in [4.69, 9.17) is 16.3 Å². The maximum absolute atomic E-state index is 14.4. The highest BCUT2D eigenvalue weighted by Gasteiger charge is 2.71. The van der Waals surface area contributed by atoms with E-state index in [0.717, 1.165) is 11.4 Å². The molecule has 8 nitrogen and oxygen atoms in total. The number of rotatable bonds is 7. The second-order valence-electron chi connectivity index (χ2n) is 10.6. The lowest BCUT2D eigenvalue weighted by molar-refractivity contribution is -0.138. The number of hydrogen-bond donors (Lipinski definition) is 1. The number of ether oxygens (including phenoxy) is 1. The Kier molecular flexibility index (Phi) is 7.61. The molecule has 2 aromatic rings. The van der Waals surface area contributed by atoms with Crippen molar-refractivity contribution in [3.05, 3.63) is 77.9 Å². The van der Waals surface area contributed by atoms with Gasteiger partial charge in [-0.25, -0.2) is 0 Å². The Morgan fingerprint density at radius 1 is 0.951 bits per heavy atom. The van der Waals surface area contributed by atoms with Gasteiger partial charge in [0.15, 0.2) is 0 Å². The van der Waals surface area contributed by atoms with Crippen LogP contribution in [0.2, 0.25) is 5.02 Å². The summed E-state index contributed by atoms with van der Waals surface area (Å²) < 4.78 is 4.66. The first-order chi connectivity index (χ1) is 19.9. The third-order valence-corrected chi connectivity index (χ3v) is 10.3. The van der Waals surface area contributed by atoms with Crippen LogP contribution in [0.25, 0.3) is 0 Å². The molecular weight excluding hydrogens is 562 g/mol. The fourth-order valence-electron chi connectivity index (χ4n) is 6.59. The molecule has 0 saturated carbocycles. The topological polar surface area (TPSA) is 90.4 Å². The zero-order valence-corrected chi connectivity index (χ0v) is 24.3. The van der Waals surface area contributed by atoms with Crippen molar-refractivity contribution < 1.29 is 24.2 Å². The van der Waals surface area contributed by atoms with Gasteiger partial charge in [0, 0.05) is 47.9 Å². The number of amides is 3. The highest BCUT2D eigenvalue weighted by atomic mass is 35.5. The zero-order chi connectivity index (χ0) is 28.7. The fraction of sp³-hybridized carbons (Fsp3) is 0.387. The standard InChI is InChI=1S/C31H32ClN3O5S/c1-2-40-23-13-11-22(12-14-23)33-16-3-6-24-25(28(33)37)26-29(38)35(18-5-19-36)27-30(39)34(17-4-15-31(26,27)41-24)21-9-7-20(32)8-10-21/h3-4,6-15,24-27,36H,2,5,16-19H2,1H3/t24-,25+,26+,27?,31+/m1/s1. The molecule has 5 atom stereocenters. The number of halogens is 1. The lowest BCUT2D eigenvalue weighted by Gasteiger charge is -2.35. The average Bonchev–Trinajstić information content (AvgIpc) is 3.28. The molecule has 41 heavy (non-hydrogen) atoms. The van der Waals surface area contributed by atoms with Crippen LogP contribution >= 0.6 is 23.4 Å². The Bertz CT molecular complexity index is 1400. The Hall–Kier alpha value is -3.27. The van der Waals surface area contributed by atoms with Gasteiger partial charge in [-0.1, -0.05) is 35.9 Å². The molecule has 214 valence electrons. The predicted molar refractivity (Wildman–Crippen MR) is 160 cm³/mol. The summed E-state index contributed by atoms with van der Waals surface area (Å²) in [6.45, 7) is 3.33. The summed E-state index contributed by atoms with van der Waals surface area (Å²) in [6.07, 6.45) is 8.29. The van der Waals surface area contributed by atoms with Gasteiger partial charge >= 0.3 is 0 Å². The molecule has 0 bridgehead atoms. The van der Waals surface area contributed by atoms with Crippen molar-refractivity contribution >= 4 is 52.5 Å². The number of carbonyl (C=O) groups is 3. The van der Waals surface area contributed by atoms with Crippen LogP contribution in [-0.2, 0) is 14.4 Å². The van der Waals surface area contributed by atoms with E-state index in [1.54, 1.807) is 50.7 Å². The van der Waals surface area contributed by atoms with Gasteiger partial charge in [0.25, 0.3) is 5.91 Å². The maximum Gasteiger partial charge on any atom is 0.251 e. The number of aliphatic hydroxyl groups is 1. The van der Waals surface area contributed by atoms with Crippen LogP contribution in [0.1, 0.15) is 13.3 Å². The molecule has 0 aromatic heterocycles. The number of carbonyl (C=O) groups excluding carboxylic acids is 3. The molecule has 1 N–H and O–H groups in total. The first kappa shape index (κ1) is 27.9. The van der Waals surface area contributed by atoms with E-state index in [1.807, 2.05) is 55.5 Å². The van der Waals surface area contributed by atoms with Crippen molar-refractivity contribution in [1.82, 2.24) is 4.90 Å². The molecule has 2 fully saturated rings. The van der Waals surface area contributed by atoms with Crippen LogP contribution in [0.4, 0.5) is 11.4 Å². The van der Waals surface area contributed by atoms with Crippen molar-refractivity contribution in [3.63, 3.8) is 0 Å². The average molecular weight is 594 g/mol. The lowest BCUT2D eigenvalue weighted by Crippen LogP contribution is -2.53. The van der Waals surface area contributed by atoms with Crippen molar-refractivity contribution in [2.45, 2.75) is 29.4 Å². The summed E-state index contributed by atoms with van der Waals surface area (Å²) in [4.78, 5) is 47.9.